The number of amides is 1. The van der Waals surface area contributed by atoms with Crippen molar-refractivity contribution >= 4 is 17.5 Å². The monoisotopic (exact) mass is 272 g/mol. The van der Waals surface area contributed by atoms with Gasteiger partial charge in [0.25, 0.3) is 0 Å². The van der Waals surface area contributed by atoms with Crippen molar-refractivity contribution in [3.8, 4) is 11.5 Å². The van der Waals surface area contributed by atoms with Crippen molar-refractivity contribution in [2.45, 2.75) is 13.0 Å². The number of ether oxygens (including phenoxy) is 2. The van der Waals surface area contributed by atoms with Crippen molar-refractivity contribution in [1.29, 1.82) is 0 Å². The Morgan fingerprint density at radius 2 is 2.00 bits per heavy atom. The van der Waals surface area contributed by atoms with E-state index in [9.17, 15) is 4.79 Å². The molecule has 0 aromatic heterocycles. The number of rotatable bonds is 6. The van der Waals surface area contributed by atoms with Crippen LogP contribution in [-0.2, 0) is 11.3 Å². The Morgan fingerprint density at radius 3 is 2.56 bits per heavy atom. The molecule has 0 aliphatic rings. The van der Waals surface area contributed by atoms with Gasteiger partial charge in [0.15, 0.2) is 0 Å². The molecule has 5 nitrogen and oxygen atoms in total. The number of hydrogen-bond acceptors (Lipinski definition) is 4. The lowest BCUT2D eigenvalue weighted by Crippen LogP contribution is -2.25. The van der Waals surface area contributed by atoms with Gasteiger partial charge in [-0.25, -0.2) is 0 Å². The molecule has 3 N–H and O–H groups in total. The summed E-state index contributed by atoms with van der Waals surface area (Å²) in [6.07, 6.45) is 0.299. The maximum atomic E-state index is 11.3. The van der Waals surface area contributed by atoms with E-state index in [0.29, 0.717) is 36.0 Å². The third-order valence-electron chi connectivity index (χ3n) is 2.40. The van der Waals surface area contributed by atoms with Gasteiger partial charge in [-0.3, -0.25) is 4.79 Å². The molecule has 0 heterocycles. The van der Waals surface area contributed by atoms with Crippen LogP contribution < -0.4 is 20.5 Å². The van der Waals surface area contributed by atoms with Crippen molar-refractivity contribution in [3.63, 3.8) is 0 Å². The lowest BCUT2D eigenvalue weighted by Gasteiger charge is -2.12. The van der Waals surface area contributed by atoms with E-state index < -0.39 is 0 Å². The Morgan fingerprint density at radius 1 is 1.33 bits per heavy atom. The van der Waals surface area contributed by atoms with Crippen LogP contribution in [0.4, 0.5) is 0 Å². The number of hydrogen-bond donors (Lipinski definition) is 2. The number of halogens is 1. The Balaban J connectivity index is 2.83. The summed E-state index contributed by atoms with van der Waals surface area (Å²) in [5.74, 6) is 1.04. The van der Waals surface area contributed by atoms with Crippen molar-refractivity contribution in [3.05, 3.63) is 22.7 Å². The summed E-state index contributed by atoms with van der Waals surface area (Å²) >= 11 is 5.98. The molecule has 0 saturated heterocycles. The highest BCUT2D eigenvalue weighted by Crippen LogP contribution is 2.32. The molecule has 1 rings (SSSR count). The maximum Gasteiger partial charge on any atom is 0.221 e. The van der Waals surface area contributed by atoms with Gasteiger partial charge in [0.2, 0.25) is 5.91 Å². The van der Waals surface area contributed by atoms with Crippen LogP contribution in [0.1, 0.15) is 12.0 Å². The summed E-state index contributed by atoms with van der Waals surface area (Å²) in [6.45, 7) is 0.669. The molecule has 18 heavy (non-hydrogen) atoms. The third kappa shape index (κ3) is 3.78. The van der Waals surface area contributed by atoms with Gasteiger partial charge in [-0.15, -0.1) is 0 Å². The summed E-state index contributed by atoms with van der Waals surface area (Å²) in [6, 6.07) is 3.40. The van der Waals surface area contributed by atoms with E-state index in [1.54, 1.807) is 19.2 Å². The Hall–Kier alpha value is -1.46. The predicted octanol–water partition coefficient (Wildman–Crippen LogP) is 1.32. The van der Waals surface area contributed by atoms with E-state index in [-0.39, 0.29) is 5.91 Å². The summed E-state index contributed by atoms with van der Waals surface area (Å²) in [5.41, 5.74) is 6.09. The minimum absolute atomic E-state index is 0.103. The van der Waals surface area contributed by atoms with Crippen molar-refractivity contribution in [2.24, 2.45) is 5.73 Å². The van der Waals surface area contributed by atoms with Gasteiger partial charge in [-0.2, -0.15) is 0 Å². The molecular weight excluding hydrogens is 256 g/mol. The summed E-state index contributed by atoms with van der Waals surface area (Å²) in [4.78, 5) is 11.3. The normalized spacial score (nSPS) is 10.0. The minimum atomic E-state index is -0.103. The van der Waals surface area contributed by atoms with Crippen LogP contribution in [0, 0.1) is 0 Å². The van der Waals surface area contributed by atoms with Crippen LogP contribution in [0.2, 0.25) is 5.02 Å². The molecule has 100 valence electrons. The fourth-order valence-corrected chi connectivity index (χ4v) is 1.71. The van der Waals surface area contributed by atoms with Crippen LogP contribution in [-0.4, -0.2) is 26.7 Å². The first-order valence-electron chi connectivity index (χ1n) is 5.49. The molecule has 0 radical (unpaired) electrons. The van der Waals surface area contributed by atoms with E-state index in [4.69, 9.17) is 26.8 Å². The Bertz CT molecular complexity index is 424. The molecule has 0 aliphatic heterocycles. The van der Waals surface area contributed by atoms with Gasteiger partial charge >= 0.3 is 0 Å². The second kappa shape index (κ2) is 7.08. The van der Waals surface area contributed by atoms with Crippen LogP contribution in [0.25, 0.3) is 0 Å². The van der Waals surface area contributed by atoms with E-state index >= 15 is 0 Å². The predicted molar refractivity (Wildman–Crippen MR) is 70.1 cm³/mol. The topological polar surface area (TPSA) is 73.6 Å². The molecule has 1 aromatic rings. The molecule has 0 aliphatic carbocycles. The zero-order valence-electron chi connectivity index (χ0n) is 10.5. The van der Waals surface area contributed by atoms with Crippen LogP contribution in [0.5, 0.6) is 11.5 Å². The summed E-state index contributed by atoms with van der Waals surface area (Å²) in [7, 11) is 3.08. The van der Waals surface area contributed by atoms with E-state index in [1.807, 2.05) is 0 Å². The zero-order valence-corrected chi connectivity index (χ0v) is 11.2. The largest absolute Gasteiger partial charge is 0.496 e. The number of methoxy groups -OCH3 is 2. The number of carbonyl (C=O) groups excluding carboxylic acids is 1. The van der Waals surface area contributed by atoms with Gasteiger partial charge in [-0.1, -0.05) is 11.6 Å². The second-order valence-electron chi connectivity index (χ2n) is 3.61. The minimum Gasteiger partial charge on any atom is -0.496 e. The summed E-state index contributed by atoms with van der Waals surface area (Å²) < 4.78 is 10.3. The SMILES string of the molecule is COc1cc(CNC(=O)CCN)c(OC)cc1Cl. The Labute approximate surface area is 111 Å². The molecule has 0 atom stereocenters. The average Bonchev–Trinajstić information content (AvgIpc) is 2.37. The third-order valence-corrected chi connectivity index (χ3v) is 2.70. The van der Waals surface area contributed by atoms with Crippen molar-refractivity contribution in [2.75, 3.05) is 20.8 Å². The number of benzene rings is 1. The first-order valence-corrected chi connectivity index (χ1v) is 5.87. The molecule has 0 spiro atoms. The highest BCUT2D eigenvalue weighted by atomic mass is 35.5. The number of carbonyl (C=O) groups is 1. The molecule has 6 heteroatoms. The maximum absolute atomic E-state index is 11.3. The highest BCUT2D eigenvalue weighted by Gasteiger charge is 2.10. The molecule has 0 bridgehead atoms. The standard InChI is InChI=1S/C12H17ClN2O3/c1-17-10-6-9(13)11(18-2)5-8(10)7-15-12(16)3-4-14/h5-6H,3-4,7,14H2,1-2H3,(H,15,16). The van der Waals surface area contributed by atoms with E-state index in [2.05, 4.69) is 5.32 Å². The average molecular weight is 273 g/mol. The molecule has 0 unspecified atom stereocenters. The van der Waals surface area contributed by atoms with Crippen LogP contribution in [0.15, 0.2) is 12.1 Å². The quantitative estimate of drug-likeness (QED) is 0.819. The van der Waals surface area contributed by atoms with Crippen LogP contribution >= 0.6 is 11.6 Å². The van der Waals surface area contributed by atoms with Crippen LogP contribution in [0.3, 0.4) is 0 Å². The highest BCUT2D eigenvalue weighted by molar-refractivity contribution is 6.32. The first-order chi connectivity index (χ1) is 8.62. The van der Waals surface area contributed by atoms with E-state index in [1.165, 1.54) is 7.11 Å². The summed E-state index contributed by atoms with van der Waals surface area (Å²) in [5, 5.41) is 3.21. The Kier molecular flexibility index (Phi) is 5.74. The molecule has 0 saturated carbocycles. The number of nitrogens with two attached hydrogens (primary N) is 1. The molecule has 0 fully saturated rings. The van der Waals surface area contributed by atoms with E-state index in [0.717, 1.165) is 5.56 Å². The lowest BCUT2D eigenvalue weighted by atomic mass is 10.2. The van der Waals surface area contributed by atoms with Gasteiger partial charge in [0, 0.05) is 31.1 Å². The van der Waals surface area contributed by atoms with Gasteiger partial charge in [-0.05, 0) is 6.07 Å². The second-order valence-corrected chi connectivity index (χ2v) is 4.02. The first kappa shape index (κ1) is 14.6. The van der Waals surface area contributed by atoms with Crippen molar-refractivity contribution < 1.29 is 14.3 Å². The van der Waals surface area contributed by atoms with Gasteiger partial charge < -0.3 is 20.5 Å². The molecular formula is C12H17ClN2O3. The van der Waals surface area contributed by atoms with Crippen molar-refractivity contribution in [1.82, 2.24) is 5.32 Å². The molecule has 1 aromatic carbocycles. The fraction of sp³-hybridized carbons (Fsp3) is 0.417. The zero-order chi connectivity index (χ0) is 13.5. The molecule has 1 amide bonds. The lowest BCUT2D eigenvalue weighted by molar-refractivity contribution is -0.121. The smallest absolute Gasteiger partial charge is 0.221 e. The number of nitrogens with one attached hydrogen (secondary N) is 1. The van der Waals surface area contributed by atoms with Gasteiger partial charge in [0.05, 0.1) is 19.2 Å². The fourth-order valence-electron chi connectivity index (χ4n) is 1.48. The van der Waals surface area contributed by atoms with Gasteiger partial charge in [0.1, 0.15) is 11.5 Å².